The number of carboxylic acid groups (broad SMARTS) is 1. The summed E-state index contributed by atoms with van der Waals surface area (Å²) >= 11 is 0. The summed E-state index contributed by atoms with van der Waals surface area (Å²) < 4.78 is 0. The van der Waals surface area contributed by atoms with Crippen LogP contribution in [0.1, 0.15) is 10.4 Å². The van der Waals surface area contributed by atoms with Crippen molar-refractivity contribution in [2.45, 2.75) is 6.04 Å². The molecule has 98 valence electrons. The summed E-state index contributed by atoms with van der Waals surface area (Å²) in [5.74, 6) is -1.80. The highest BCUT2D eigenvalue weighted by atomic mass is 16.4. The number of aliphatic hydroxyl groups excluding tert-OH is 1. The van der Waals surface area contributed by atoms with Gasteiger partial charge in [0.2, 0.25) is 0 Å². The molecule has 0 radical (unpaired) electrons. The van der Waals surface area contributed by atoms with Gasteiger partial charge in [0.15, 0.2) is 6.04 Å². The van der Waals surface area contributed by atoms with Crippen LogP contribution in [0, 0.1) is 0 Å². The molecule has 1 rings (SSSR count). The fourth-order valence-corrected chi connectivity index (χ4v) is 1.48. The van der Waals surface area contributed by atoms with Crippen LogP contribution in [-0.4, -0.2) is 48.8 Å². The molecular formula is C12H16N2O4. The average Bonchev–Trinajstić information content (AvgIpc) is 2.35. The molecule has 3 N–H and O–H groups in total. The normalized spacial score (nSPS) is 11.7. The number of nitrogens with zero attached hydrogens (tertiary/aromatic N) is 1. The Morgan fingerprint density at radius 2 is 1.94 bits per heavy atom. The van der Waals surface area contributed by atoms with Crippen molar-refractivity contribution >= 4 is 17.6 Å². The van der Waals surface area contributed by atoms with E-state index in [2.05, 4.69) is 5.32 Å². The Labute approximate surface area is 105 Å². The van der Waals surface area contributed by atoms with E-state index in [4.69, 9.17) is 10.2 Å². The number of aliphatic carboxylic acids is 1. The summed E-state index contributed by atoms with van der Waals surface area (Å²) in [5.41, 5.74) is 1.04. The van der Waals surface area contributed by atoms with Gasteiger partial charge in [0, 0.05) is 19.8 Å². The van der Waals surface area contributed by atoms with E-state index in [-0.39, 0.29) is 0 Å². The SMILES string of the molecule is CN(C)c1ccccc1C(=O)NC(CO)C(=O)O. The molecule has 6 nitrogen and oxygen atoms in total. The third-order valence-corrected chi connectivity index (χ3v) is 2.42. The molecule has 0 aliphatic rings. The van der Waals surface area contributed by atoms with Gasteiger partial charge in [0.25, 0.3) is 5.91 Å². The highest BCUT2D eigenvalue weighted by molar-refractivity contribution is 6.01. The van der Waals surface area contributed by atoms with E-state index in [0.29, 0.717) is 11.3 Å². The minimum atomic E-state index is -1.30. The third kappa shape index (κ3) is 3.21. The number of anilines is 1. The second kappa shape index (κ2) is 6.02. The number of amides is 1. The molecule has 1 unspecified atom stereocenters. The average molecular weight is 252 g/mol. The molecule has 18 heavy (non-hydrogen) atoms. The number of aliphatic hydroxyl groups is 1. The summed E-state index contributed by atoms with van der Waals surface area (Å²) in [6.45, 7) is -0.648. The van der Waals surface area contributed by atoms with Crippen LogP contribution in [0.5, 0.6) is 0 Å². The van der Waals surface area contributed by atoms with Gasteiger partial charge in [-0.15, -0.1) is 0 Å². The quantitative estimate of drug-likeness (QED) is 0.682. The van der Waals surface area contributed by atoms with Crippen LogP contribution in [-0.2, 0) is 4.79 Å². The van der Waals surface area contributed by atoms with Gasteiger partial charge in [0.05, 0.1) is 12.2 Å². The van der Waals surface area contributed by atoms with Crippen molar-refractivity contribution in [3.8, 4) is 0 Å². The second-order valence-electron chi connectivity index (χ2n) is 3.96. The van der Waals surface area contributed by atoms with Crippen LogP contribution in [0.15, 0.2) is 24.3 Å². The first-order valence-corrected chi connectivity index (χ1v) is 5.38. The maximum Gasteiger partial charge on any atom is 0.328 e. The van der Waals surface area contributed by atoms with Gasteiger partial charge in [-0.25, -0.2) is 4.79 Å². The third-order valence-electron chi connectivity index (χ3n) is 2.42. The zero-order valence-corrected chi connectivity index (χ0v) is 10.3. The number of hydrogen-bond donors (Lipinski definition) is 3. The lowest BCUT2D eigenvalue weighted by molar-refractivity contribution is -0.140. The van der Waals surface area contributed by atoms with E-state index in [1.807, 2.05) is 0 Å². The van der Waals surface area contributed by atoms with Gasteiger partial charge in [-0.05, 0) is 12.1 Å². The number of carboxylic acids is 1. The fourth-order valence-electron chi connectivity index (χ4n) is 1.48. The minimum Gasteiger partial charge on any atom is -0.480 e. The Morgan fingerprint density at radius 3 is 2.44 bits per heavy atom. The molecule has 0 aliphatic heterocycles. The van der Waals surface area contributed by atoms with Crippen LogP contribution in [0.3, 0.4) is 0 Å². The maximum absolute atomic E-state index is 11.9. The van der Waals surface area contributed by atoms with E-state index in [1.54, 1.807) is 43.3 Å². The Bertz CT molecular complexity index is 445. The molecule has 0 spiro atoms. The Kier molecular flexibility index (Phi) is 4.67. The van der Waals surface area contributed by atoms with Crippen molar-refractivity contribution in [3.63, 3.8) is 0 Å². The van der Waals surface area contributed by atoms with Crippen LogP contribution >= 0.6 is 0 Å². The first kappa shape index (κ1) is 14.0. The predicted molar refractivity (Wildman–Crippen MR) is 66.7 cm³/mol. The lowest BCUT2D eigenvalue weighted by Gasteiger charge is -2.18. The number of benzene rings is 1. The highest BCUT2D eigenvalue weighted by Crippen LogP contribution is 2.17. The lowest BCUT2D eigenvalue weighted by atomic mass is 10.1. The number of carbonyl (C=O) groups is 2. The fraction of sp³-hybridized carbons (Fsp3) is 0.333. The molecule has 0 bridgehead atoms. The van der Waals surface area contributed by atoms with E-state index < -0.39 is 24.5 Å². The van der Waals surface area contributed by atoms with E-state index >= 15 is 0 Å². The molecule has 0 heterocycles. The molecule has 1 aromatic carbocycles. The molecule has 6 heteroatoms. The van der Waals surface area contributed by atoms with Crippen molar-refractivity contribution in [3.05, 3.63) is 29.8 Å². The van der Waals surface area contributed by atoms with E-state index in [9.17, 15) is 9.59 Å². The van der Waals surface area contributed by atoms with Gasteiger partial charge in [-0.2, -0.15) is 0 Å². The van der Waals surface area contributed by atoms with Crippen LogP contribution in [0.4, 0.5) is 5.69 Å². The molecule has 0 saturated heterocycles. The highest BCUT2D eigenvalue weighted by Gasteiger charge is 2.21. The van der Waals surface area contributed by atoms with Gasteiger partial charge >= 0.3 is 5.97 Å². The molecular weight excluding hydrogens is 236 g/mol. The zero-order valence-electron chi connectivity index (χ0n) is 10.3. The number of rotatable bonds is 5. The summed E-state index contributed by atoms with van der Waals surface area (Å²) in [6, 6.07) is 5.53. The maximum atomic E-state index is 11.9. The van der Waals surface area contributed by atoms with Gasteiger partial charge in [-0.1, -0.05) is 12.1 Å². The minimum absolute atomic E-state index is 0.363. The zero-order chi connectivity index (χ0) is 13.7. The van der Waals surface area contributed by atoms with Gasteiger partial charge in [0.1, 0.15) is 0 Å². The summed E-state index contributed by atoms with van der Waals surface area (Å²) in [5, 5.41) is 19.9. The van der Waals surface area contributed by atoms with Crippen LogP contribution in [0.2, 0.25) is 0 Å². The topological polar surface area (TPSA) is 89.9 Å². The molecule has 0 saturated carbocycles. The first-order valence-electron chi connectivity index (χ1n) is 5.38. The van der Waals surface area contributed by atoms with E-state index in [1.165, 1.54) is 0 Å². The largest absolute Gasteiger partial charge is 0.480 e. The summed E-state index contributed by atoms with van der Waals surface area (Å²) in [6.07, 6.45) is 0. The first-order chi connectivity index (χ1) is 8.47. The number of para-hydroxylation sites is 1. The smallest absolute Gasteiger partial charge is 0.328 e. The van der Waals surface area contributed by atoms with Crippen molar-refractivity contribution in [1.29, 1.82) is 0 Å². The van der Waals surface area contributed by atoms with Crippen LogP contribution < -0.4 is 10.2 Å². The number of nitrogens with one attached hydrogen (secondary N) is 1. The van der Waals surface area contributed by atoms with E-state index in [0.717, 1.165) is 0 Å². The standard InChI is InChI=1S/C12H16N2O4/c1-14(2)10-6-4-3-5-8(10)11(16)13-9(7-15)12(17)18/h3-6,9,15H,7H2,1-2H3,(H,13,16)(H,17,18). The Balaban J connectivity index is 2.94. The second-order valence-corrected chi connectivity index (χ2v) is 3.96. The molecule has 0 fully saturated rings. The molecule has 0 aliphatic carbocycles. The monoisotopic (exact) mass is 252 g/mol. The summed E-state index contributed by atoms with van der Waals surface area (Å²) in [7, 11) is 3.57. The number of carbonyl (C=O) groups excluding carboxylic acids is 1. The van der Waals surface area contributed by atoms with Crippen LogP contribution in [0.25, 0.3) is 0 Å². The van der Waals surface area contributed by atoms with Crippen molar-refractivity contribution in [2.75, 3.05) is 25.6 Å². The molecule has 1 amide bonds. The number of hydrogen-bond acceptors (Lipinski definition) is 4. The van der Waals surface area contributed by atoms with Gasteiger partial charge < -0.3 is 20.4 Å². The Hall–Kier alpha value is -2.08. The molecule has 1 atom stereocenters. The summed E-state index contributed by atoms with van der Waals surface area (Å²) in [4.78, 5) is 24.4. The Morgan fingerprint density at radius 1 is 1.33 bits per heavy atom. The molecule has 1 aromatic rings. The van der Waals surface area contributed by atoms with Crippen molar-refractivity contribution in [2.24, 2.45) is 0 Å². The lowest BCUT2D eigenvalue weighted by Crippen LogP contribution is -2.43. The van der Waals surface area contributed by atoms with Crippen molar-refractivity contribution in [1.82, 2.24) is 5.32 Å². The van der Waals surface area contributed by atoms with Crippen molar-refractivity contribution < 1.29 is 19.8 Å². The molecule has 0 aromatic heterocycles. The van der Waals surface area contributed by atoms with Gasteiger partial charge in [-0.3, -0.25) is 4.79 Å². The predicted octanol–water partition coefficient (Wildman–Crippen LogP) is -0.0721.